The Morgan fingerprint density at radius 1 is 1.16 bits per heavy atom. The summed E-state index contributed by atoms with van der Waals surface area (Å²) in [5, 5.41) is 3.48. The van der Waals surface area contributed by atoms with Gasteiger partial charge in [-0.2, -0.15) is 0 Å². The lowest BCUT2D eigenvalue weighted by Crippen LogP contribution is -2.46. The molecule has 2 heterocycles. The molecule has 1 aromatic heterocycles. The quantitative estimate of drug-likeness (QED) is 0.677. The van der Waals surface area contributed by atoms with Gasteiger partial charge in [0.15, 0.2) is 0 Å². The van der Waals surface area contributed by atoms with Gasteiger partial charge in [-0.1, -0.05) is 28.1 Å². The normalized spacial score (nSPS) is 21.2. The summed E-state index contributed by atoms with van der Waals surface area (Å²) < 4.78 is 2.36. The Kier molecular flexibility index (Phi) is 5.28. The van der Waals surface area contributed by atoms with E-state index >= 15 is 0 Å². The first-order valence-corrected chi connectivity index (χ1v) is 10.6. The van der Waals surface area contributed by atoms with Crippen LogP contribution in [0.15, 0.2) is 33.3 Å². The fourth-order valence-corrected chi connectivity index (χ4v) is 5.05. The van der Waals surface area contributed by atoms with Gasteiger partial charge in [-0.25, -0.2) is 0 Å². The molecule has 5 heteroatoms. The molecule has 2 aliphatic rings. The average molecular weight is 465 g/mol. The van der Waals surface area contributed by atoms with E-state index in [0.717, 1.165) is 49.9 Å². The van der Waals surface area contributed by atoms with Crippen molar-refractivity contribution in [2.24, 2.45) is 0 Å². The maximum atomic E-state index is 4.90. The molecule has 1 atom stereocenters. The third-order valence-corrected chi connectivity index (χ3v) is 6.92. The molecule has 1 aliphatic heterocycles. The molecular weight excluding hydrogens is 442 g/mol. The molecule has 3 nitrogen and oxygen atoms in total. The standard InChI is InChI=1S/C20H23Br2N3/c1-13-5-6-17-16(18(13)22)4-2-3-14-11-15(21)12-24-19(14)20(17)25-9-7-23-8-10-25/h5-6,11-12,20,23H,2-4,7-10H2,1H3/t20-/m1/s1. The van der Waals surface area contributed by atoms with Crippen LogP contribution in [0.3, 0.4) is 0 Å². The van der Waals surface area contributed by atoms with Crippen LogP contribution in [-0.4, -0.2) is 36.1 Å². The van der Waals surface area contributed by atoms with Crippen LogP contribution in [0.2, 0.25) is 0 Å². The van der Waals surface area contributed by atoms with Gasteiger partial charge in [-0.15, -0.1) is 0 Å². The van der Waals surface area contributed by atoms with E-state index in [1.807, 2.05) is 6.20 Å². The van der Waals surface area contributed by atoms with Crippen LogP contribution in [0.25, 0.3) is 0 Å². The highest BCUT2D eigenvalue weighted by Gasteiger charge is 2.31. The first-order chi connectivity index (χ1) is 12.1. The van der Waals surface area contributed by atoms with E-state index in [2.05, 4.69) is 67.2 Å². The average Bonchev–Trinajstić information content (AvgIpc) is 2.61. The zero-order valence-electron chi connectivity index (χ0n) is 14.5. The SMILES string of the molecule is Cc1ccc2c(c1Br)CCCc1cc(Br)cnc1[C@@H]2N1CCNCC1. The van der Waals surface area contributed by atoms with E-state index in [-0.39, 0.29) is 6.04 Å². The molecule has 2 aromatic rings. The molecule has 0 amide bonds. The summed E-state index contributed by atoms with van der Waals surface area (Å²) in [4.78, 5) is 7.50. The highest BCUT2D eigenvalue weighted by atomic mass is 79.9. The summed E-state index contributed by atoms with van der Waals surface area (Å²) in [5.41, 5.74) is 6.85. The van der Waals surface area contributed by atoms with Crippen molar-refractivity contribution in [1.29, 1.82) is 0 Å². The molecule has 0 saturated carbocycles. The first kappa shape index (κ1) is 17.7. The zero-order valence-corrected chi connectivity index (χ0v) is 17.7. The monoisotopic (exact) mass is 463 g/mol. The van der Waals surface area contributed by atoms with Crippen molar-refractivity contribution in [3.05, 3.63) is 61.3 Å². The highest BCUT2D eigenvalue weighted by molar-refractivity contribution is 9.10. The Morgan fingerprint density at radius 3 is 2.76 bits per heavy atom. The Morgan fingerprint density at radius 2 is 1.96 bits per heavy atom. The van der Waals surface area contributed by atoms with Gasteiger partial charge in [0.1, 0.15) is 0 Å². The molecule has 0 bridgehead atoms. The Labute approximate surface area is 166 Å². The summed E-state index contributed by atoms with van der Waals surface area (Å²) in [6, 6.07) is 7.10. The number of benzene rings is 1. The number of nitrogens with zero attached hydrogens (tertiary/aromatic N) is 2. The topological polar surface area (TPSA) is 28.2 Å². The van der Waals surface area contributed by atoms with Crippen molar-refractivity contribution >= 4 is 31.9 Å². The molecule has 4 rings (SSSR count). The lowest BCUT2D eigenvalue weighted by Gasteiger charge is -2.38. The van der Waals surface area contributed by atoms with Gasteiger partial charge in [0.2, 0.25) is 0 Å². The molecule has 1 N–H and O–H groups in total. The maximum Gasteiger partial charge on any atom is 0.0783 e. The minimum atomic E-state index is 0.248. The molecule has 1 fully saturated rings. The van der Waals surface area contributed by atoms with Crippen LogP contribution in [0.4, 0.5) is 0 Å². The van der Waals surface area contributed by atoms with E-state index in [0.29, 0.717) is 0 Å². The summed E-state index contributed by atoms with van der Waals surface area (Å²) in [6.07, 6.45) is 5.32. The molecule has 1 aromatic carbocycles. The number of hydrogen-bond donors (Lipinski definition) is 1. The Hall–Kier alpha value is -0.750. The van der Waals surface area contributed by atoms with E-state index in [1.165, 1.54) is 32.4 Å². The Balaban J connectivity index is 1.90. The summed E-state index contributed by atoms with van der Waals surface area (Å²) in [6.45, 7) is 6.40. The summed E-state index contributed by atoms with van der Waals surface area (Å²) >= 11 is 7.48. The second-order valence-electron chi connectivity index (χ2n) is 7.00. The predicted molar refractivity (Wildman–Crippen MR) is 109 cm³/mol. The van der Waals surface area contributed by atoms with E-state index in [9.17, 15) is 0 Å². The molecule has 0 spiro atoms. The number of piperazine rings is 1. The third kappa shape index (κ3) is 3.44. The van der Waals surface area contributed by atoms with Gasteiger partial charge in [-0.05, 0) is 70.4 Å². The molecule has 0 unspecified atom stereocenters. The lowest BCUT2D eigenvalue weighted by molar-refractivity contribution is 0.193. The van der Waals surface area contributed by atoms with Crippen LogP contribution in [0.1, 0.15) is 40.4 Å². The van der Waals surface area contributed by atoms with Crippen LogP contribution in [-0.2, 0) is 12.8 Å². The van der Waals surface area contributed by atoms with E-state index < -0.39 is 0 Å². The van der Waals surface area contributed by atoms with Crippen LogP contribution < -0.4 is 5.32 Å². The second-order valence-corrected chi connectivity index (χ2v) is 8.71. The van der Waals surface area contributed by atoms with Crippen molar-refractivity contribution in [2.75, 3.05) is 26.2 Å². The number of rotatable bonds is 1. The molecule has 1 saturated heterocycles. The molecular formula is C20H23Br2N3. The van der Waals surface area contributed by atoms with Crippen LogP contribution in [0.5, 0.6) is 0 Å². The molecule has 25 heavy (non-hydrogen) atoms. The third-order valence-electron chi connectivity index (χ3n) is 5.38. The maximum absolute atomic E-state index is 4.90. The summed E-state index contributed by atoms with van der Waals surface area (Å²) in [7, 11) is 0. The molecule has 0 radical (unpaired) electrons. The van der Waals surface area contributed by atoms with Gasteiger partial charge in [-0.3, -0.25) is 9.88 Å². The largest absolute Gasteiger partial charge is 0.314 e. The lowest BCUT2D eigenvalue weighted by atomic mass is 9.86. The minimum Gasteiger partial charge on any atom is -0.314 e. The van der Waals surface area contributed by atoms with Gasteiger partial charge in [0.25, 0.3) is 0 Å². The number of hydrogen-bond acceptors (Lipinski definition) is 3. The van der Waals surface area contributed by atoms with Gasteiger partial charge in [0.05, 0.1) is 11.7 Å². The minimum absolute atomic E-state index is 0.248. The van der Waals surface area contributed by atoms with Crippen molar-refractivity contribution in [1.82, 2.24) is 15.2 Å². The number of aromatic nitrogens is 1. The zero-order chi connectivity index (χ0) is 17.4. The van der Waals surface area contributed by atoms with Crippen molar-refractivity contribution in [2.45, 2.75) is 32.2 Å². The molecule has 1 aliphatic carbocycles. The van der Waals surface area contributed by atoms with E-state index in [1.54, 1.807) is 0 Å². The number of halogens is 2. The fourth-order valence-electron chi connectivity index (χ4n) is 4.11. The van der Waals surface area contributed by atoms with Gasteiger partial charge >= 0.3 is 0 Å². The van der Waals surface area contributed by atoms with Crippen LogP contribution in [0, 0.1) is 6.92 Å². The van der Waals surface area contributed by atoms with Crippen molar-refractivity contribution in [3.8, 4) is 0 Å². The van der Waals surface area contributed by atoms with Gasteiger partial charge < -0.3 is 5.32 Å². The number of nitrogens with one attached hydrogen (secondary N) is 1. The fraction of sp³-hybridized carbons (Fsp3) is 0.450. The number of pyridine rings is 1. The number of aryl methyl sites for hydroxylation is 2. The Bertz CT molecular complexity index is 785. The van der Waals surface area contributed by atoms with E-state index in [4.69, 9.17) is 4.98 Å². The number of fused-ring (bicyclic) bond motifs is 2. The summed E-state index contributed by atoms with van der Waals surface area (Å²) in [5.74, 6) is 0. The predicted octanol–water partition coefficient (Wildman–Crippen LogP) is 4.40. The van der Waals surface area contributed by atoms with Crippen molar-refractivity contribution < 1.29 is 0 Å². The highest BCUT2D eigenvalue weighted by Crippen LogP contribution is 2.39. The first-order valence-electron chi connectivity index (χ1n) is 9.02. The molecule has 132 valence electrons. The smallest absolute Gasteiger partial charge is 0.0783 e. The van der Waals surface area contributed by atoms with Gasteiger partial charge in [0, 0.05) is 41.3 Å². The van der Waals surface area contributed by atoms with Crippen molar-refractivity contribution in [3.63, 3.8) is 0 Å². The second kappa shape index (κ2) is 7.47. The van der Waals surface area contributed by atoms with Crippen LogP contribution >= 0.6 is 31.9 Å².